The highest BCUT2D eigenvalue weighted by atomic mass is 32.1. The van der Waals surface area contributed by atoms with Crippen LogP contribution in [0, 0.1) is 0 Å². The highest BCUT2D eigenvalue weighted by molar-refractivity contribution is 7.26. The average Bonchev–Trinajstić information content (AvgIpc) is 3.74. The summed E-state index contributed by atoms with van der Waals surface area (Å²) < 4.78 is 2.56. The smallest absolute Gasteiger partial charge is 0.0434 e. The Morgan fingerprint density at radius 3 is 1.15 bits per heavy atom. The summed E-state index contributed by atoms with van der Waals surface area (Å²) in [6.07, 6.45) is 15.0. The van der Waals surface area contributed by atoms with Gasteiger partial charge in [0.2, 0.25) is 0 Å². The first-order valence-electron chi connectivity index (χ1n) is 20.3. The molecule has 61 heavy (non-hydrogen) atoms. The molecular formula is C56H36N4S. The lowest BCUT2D eigenvalue weighted by atomic mass is 9.87. The van der Waals surface area contributed by atoms with Gasteiger partial charge in [-0.1, -0.05) is 103 Å². The molecule has 11 aromatic rings. The maximum atomic E-state index is 4.52. The lowest BCUT2D eigenvalue weighted by Crippen LogP contribution is -1.92. The van der Waals surface area contributed by atoms with E-state index in [0.717, 1.165) is 66.8 Å². The zero-order valence-corrected chi connectivity index (χ0v) is 33.8. The van der Waals surface area contributed by atoms with Gasteiger partial charge in [0.15, 0.2) is 0 Å². The molecule has 5 aromatic heterocycles. The molecule has 0 unspecified atom stereocenters. The highest BCUT2D eigenvalue weighted by Crippen LogP contribution is 2.47. The van der Waals surface area contributed by atoms with Gasteiger partial charge in [-0.2, -0.15) is 0 Å². The largest absolute Gasteiger partial charge is 0.264 e. The molecule has 0 saturated heterocycles. The summed E-state index contributed by atoms with van der Waals surface area (Å²) in [7, 11) is 0. The summed E-state index contributed by atoms with van der Waals surface area (Å²) in [5.41, 5.74) is 17.9. The number of hydrogen-bond acceptors (Lipinski definition) is 5. The molecule has 0 saturated carbocycles. The first kappa shape index (κ1) is 36.2. The number of hydrogen-bond donors (Lipinski definition) is 0. The number of benzene rings is 6. The Hall–Kier alpha value is -7.86. The van der Waals surface area contributed by atoms with E-state index < -0.39 is 0 Å². The molecule has 286 valence electrons. The van der Waals surface area contributed by atoms with Gasteiger partial charge in [-0.15, -0.1) is 11.3 Å². The van der Waals surface area contributed by atoms with Crippen molar-refractivity contribution in [1.82, 2.24) is 19.9 Å². The fraction of sp³-hybridized carbons (Fsp3) is 0. The fourth-order valence-corrected chi connectivity index (χ4v) is 9.82. The SMILES string of the molecule is c1ccc(-c2cccc3c2sc2c(-c4ccc(-c5cc(-c6cccnc6)cc(-c6cccnc6)c5)cc4-c4cc(-c5cccnc5)cc(-c5cccnc5)c4)cccc23)cc1. The number of rotatable bonds is 8. The predicted molar refractivity (Wildman–Crippen MR) is 254 cm³/mol. The number of nitrogens with zero attached hydrogens (tertiary/aromatic N) is 4. The van der Waals surface area contributed by atoms with Gasteiger partial charge in [-0.25, -0.2) is 0 Å². The van der Waals surface area contributed by atoms with Crippen LogP contribution in [-0.2, 0) is 0 Å². The molecule has 0 radical (unpaired) electrons. The van der Waals surface area contributed by atoms with Crippen LogP contribution in [0.3, 0.4) is 0 Å². The standard InChI is InChI=1S/C56H36N4S/c1-2-10-37(11-3-1)49-16-4-18-52-53-19-5-17-51(56(53)61-55(49)52)50-21-20-38(43-26-44(39-12-6-22-57-33-39)28-45(27-43)40-13-7-23-58-34-40)32-54(50)48-30-46(41-14-8-24-59-35-41)29-47(31-48)42-15-9-25-60-36-42/h1-36H. The van der Waals surface area contributed by atoms with Crippen molar-refractivity contribution in [3.8, 4) is 89.0 Å². The highest BCUT2D eigenvalue weighted by Gasteiger charge is 2.19. The third-order valence-corrected chi connectivity index (χ3v) is 12.7. The van der Waals surface area contributed by atoms with Crippen LogP contribution in [0.2, 0.25) is 0 Å². The molecule has 0 N–H and O–H groups in total. The van der Waals surface area contributed by atoms with E-state index in [1.54, 1.807) is 0 Å². The molecule has 0 amide bonds. The van der Waals surface area contributed by atoms with Crippen molar-refractivity contribution in [2.75, 3.05) is 0 Å². The number of aromatic nitrogens is 4. The van der Waals surface area contributed by atoms with Crippen LogP contribution in [0.1, 0.15) is 0 Å². The van der Waals surface area contributed by atoms with E-state index in [0.29, 0.717) is 0 Å². The molecule has 11 rings (SSSR count). The van der Waals surface area contributed by atoms with Crippen molar-refractivity contribution in [2.45, 2.75) is 0 Å². The van der Waals surface area contributed by atoms with E-state index in [-0.39, 0.29) is 0 Å². The summed E-state index contributed by atoms with van der Waals surface area (Å²) in [5, 5.41) is 2.53. The van der Waals surface area contributed by atoms with Gasteiger partial charge < -0.3 is 0 Å². The third-order valence-electron chi connectivity index (χ3n) is 11.4. The summed E-state index contributed by atoms with van der Waals surface area (Å²) in [6.45, 7) is 0. The summed E-state index contributed by atoms with van der Waals surface area (Å²) >= 11 is 1.88. The minimum absolute atomic E-state index is 1.05. The van der Waals surface area contributed by atoms with Crippen LogP contribution in [0.5, 0.6) is 0 Å². The predicted octanol–water partition coefficient (Wildman–Crippen LogP) is 15.0. The normalized spacial score (nSPS) is 11.3. The average molecular weight is 797 g/mol. The summed E-state index contributed by atoms with van der Waals surface area (Å²) in [5.74, 6) is 0. The third kappa shape index (κ3) is 6.97. The monoisotopic (exact) mass is 796 g/mol. The Labute approximate surface area is 358 Å². The molecule has 0 fully saturated rings. The Bertz CT molecular complexity index is 3220. The van der Waals surface area contributed by atoms with Gasteiger partial charge in [0.05, 0.1) is 0 Å². The first-order chi connectivity index (χ1) is 30.2. The van der Waals surface area contributed by atoms with Crippen LogP contribution in [-0.4, -0.2) is 19.9 Å². The number of fused-ring (bicyclic) bond motifs is 3. The van der Waals surface area contributed by atoms with Gasteiger partial charge in [0.25, 0.3) is 0 Å². The quantitative estimate of drug-likeness (QED) is 0.154. The lowest BCUT2D eigenvalue weighted by Gasteiger charge is -2.17. The van der Waals surface area contributed by atoms with Gasteiger partial charge in [-0.05, 0) is 128 Å². The second-order valence-corrected chi connectivity index (χ2v) is 16.2. The minimum atomic E-state index is 1.05. The Balaban J connectivity index is 1.18. The molecule has 5 heteroatoms. The molecule has 0 aliphatic heterocycles. The van der Waals surface area contributed by atoms with Crippen molar-refractivity contribution in [3.63, 3.8) is 0 Å². The van der Waals surface area contributed by atoms with Crippen molar-refractivity contribution in [2.24, 2.45) is 0 Å². The molecular weight excluding hydrogens is 761 g/mol. The lowest BCUT2D eigenvalue weighted by molar-refractivity contribution is 1.32. The molecule has 0 spiro atoms. The molecule has 0 atom stereocenters. The van der Waals surface area contributed by atoms with Crippen LogP contribution < -0.4 is 0 Å². The first-order valence-corrected chi connectivity index (χ1v) is 21.1. The zero-order chi connectivity index (χ0) is 40.5. The molecule has 4 nitrogen and oxygen atoms in total. The zero-order valence-electron chi connectivity index (χ0n) is 33.0. The Morgan fingerprint density at radius 1 is 0.246 bits per heavy atom. The minimum Gasteiger partial charge on any atom is -0.264 e. The maximum Gasteiger partial charge on any atom is 0.0434 e. The fourth-order valence-electron chi connectivity index (χ4n) is 8.45. The van der Waals surface area contributed by atoms with Gasteiger partial charge in [-0.3, -0.25) is 19.9 Å². The van der Waals surface area contributed by atoms with Crippen molar-refractivity contribution in [3.05, 3.63) is 219 Å². The van der Waals surface area contributed by atoms with Crippen molar-refractivity contribution < 1.29 is 0 Å². The van der Waals surface area contributed by atoms with E-state index in [2.05, 4.69) is 166 Å². The second-order valence-electron chi connectivity index (χ2n) is 15.2. The molecule has 6 aromatic carbocycles. The van der Waals surface area contributed by atoms with E-state index in [9.17, 15) is 0 Å². The second kappa shape index (κ2) is 15.7. The van der Waals surface area contributed by atoms with Gasteiger partial charge in [0.1, 0.15) is 0 Å². The molecule has 0 aliphatic carbocycles. The Morgan fingerprint density at radius 2 is 0.672 bits per heavy atom. The molecule has 0 aliphatic rings. The maximum absolute atomic E-state index is 4.52. The van der Waals surface area contributed by atoms with Crippen LogP contribution >= 0.6 is 11.3 Å². The molecule has 0 bridgehead atoms. The Kier molecular flexibility index (Phi) is 9.34. The van der Waals surface area contributed by atoms with Gasteiger partial charge >= 0.3 is 0 Å². The van der Waals surface area contributed by atoms with E-state index in [1.165, 1.54) is 42.4 Å². The summed E-state index contributed by atoms with van der Waals surface area (Å²) in [4.78, 5) is 18.0. The van der Waals surface area contributed by atoms with Crippen LogP contribution in [0.15, 0.2) is 219 Å². The van der Waals surface area contributed by atoms with E-state index >= 15 is 0 Å². The molecule has 5 heterocycles. The van der Waals surface area contributed by atoms with Crippen molar-refractivity contribution in [1.29, 1.82) is 0 Å². The summed E-state index contributed by atoms with van der Waals surface area (Å²) in [6, 6.07) is 61.3. The van der Waals surface area contributed by atoms with Crippen LogP contribution in [0.4, 0.5) is 0 Å². The van der Waals surface area contributed by atoms with E-state index in [1.807, 2.05) is 85.2 Å². The van der Waals surface area contributed by atoms with E-state index in [4.69, 9.17) is 0 Å². The van der Waals surface area contributed by atoms with Crippen LogP contribution in [0.25, 0.3) is 109 Å². The van der Waals surface area contributed by atoms with Crippen molar-refractivity contribution >= 4 is 31.5 Å². The topological polar surface area (TPSA) is 51.6 Å². The number of pyridine rings is 4. The van der Waals surface area contributed by atoms with Gasteiger partial charge in [0, 0.05) is 97.6 Å². The number of thiophene rings is 1.